The van der Waals surface area contributed by atoms with Crippen molar-refractivity contribution >= 4 is 11.9 Å². The van der Waals surface area contributed by atoms with Gasteiger partial charge in [-0.3, -0.25) is 0 Å². The van der Waals surface area contributed by atoms with Crippen LogP contribution in [0.4, 0.5) is 0 Å². The lowest BCUT2D eigenvalue weighted by Crippen LogP contribution is -2.34. The van der Waals surface area contributed by atoms with Gasteiger partial charge >= 0.3 is 11.9 Å². The second-order valence-electron chi connectivity index (χ2n) is 6.62. The third-order valence-corrected chi connectivity index (χ3v) is 4.34. The smallest absolute Gasteiger partial charge is 0.334 e. The van der Waals surface area contributed by atoms with Gasteiger partial charge in [-0.05, 0) is 31.9 Å². The van der Waals surface area contributed by atoms with Crippen LogP contribution in [0.2, 0.25) is 0 Å². The van der Waals surface area contributed by atoms with Gasteiger partial charge in [0.2, 0.25) is 0 Å². The van der Waals surface area contributed by atoms with Crippen molar-refractivity contribution in [2.75, 3.05) is 6.61 Å². The Bertz CT molecular complexity index is 657. The summed E-state index contributed by atoms with van der Waals surface area (Å²) < 4.78 is 10.9. The van der Waals surface area contributed by atoms with E-state index >= 15 is 0 Å². The lowest BCUT2D eigenvalue weighted by atomic mass is 9.85. The van der Waals surface area contributed by atoms with Gasteiger partial charge in [0.15, 0.2) is 0 Å². The minimum Gasteiger partial charge on any atom is -0.458 e. The Morgan fingerprint density at radius 1 is 1.40 bits per heavy atom. The van der Waals surface area contributed by atoms with Gasteiger partial charge < -0.3 is 19.7 Å². The number of fused-ring (bicyclic) bond motifs is 1. The second kappa shape index (κ2) is 7.80. The molecule has 0 unspecified atom stereocenters. The summed E-state index contributed by atoms with van der Waals surface area (Å²) in [5, 5.41) is 19.7. The van der Waals surface area contributed by atoms with E-state index in [0.29, 0.717) is 12.0 Å². The Morgan fingerprint density at radius 3 is 2.68 bits per heavy atom. The molecule has 25 heavy (non-hydrogen) atoms. The van der Waals surface area contributed by atoms with Crippen molar-refractivity contribution in [2.24, 2.45) is 5.92 Å². The number of carbonyl (C=O) groups is 2. The van der Waals surface area contributed by atoms with Crippen molar-refractivity contribution in [3.8, 4) is 0 Å². The van der Waals surface area contributed by atoms with E-state index in [0.717, 1.165) is 5.57 Å². The van der Waals surface area contributed by atoms with Gasteiger partial charge in [0.1, 0.15) is 12.2 Å². The fourth-order valence-electron chi connectivity index (χ4n) is 3.11. The summed E-state index contributed by atoms with van der Waals surface area (Å²) in [5.41, 5.74) is 1.80. The Hall–Kier alpha value is -2.18. The van der Waals surface area contributed by atoms with E-state index in [9.17, 15) is 19.8 Å². The zero-order valence-electron chi connectivity index (χ0n) is 14.5. The van der Waals surface area contributed by atoms with E-state index in [4.69, 9.17) is 9.47 Å². The molecule has 0 bridgehead atoms. The van der Waals surface area contributed by atoms with Crippen LogP contribution in [0.1, 0.15) is 26.7 Å². The lowest BCUT2D eigenvalue weighted by molar-refractivity contribution is -0.147. The van der Waals surface area contributed by atoms with Crippen LogP contribution in [0, 0.1) is 5.92 Å². The molecular formula is C19H24O6. The van der Waals surface area contributed by atoms with Gasteiger partial charge in [0.25, 0.3) is 0 Å². The highest BCUT2D eigenvalue weighted by Crippen LogP contribution is 2.36. The zero-order valence-corrected chi connectivity index (χ0v) is 14.5. The molecular weight excluding hydrogens is 324 g/mol. The molecule has 0 spiro atoms. The summed E-state index contributed by atoms with van der Waals surface area (Å²) in [5.74, 6) is -1.69. The fraction of sp³-hybridized carbons (Fsp3) is 0.474. The van der Waals surface area contributed by atoms with Crippen LogP contribution >= 0.6 is 0 Å². The topological polar surface area (TPSA) is 93.1 Å². The second-order valence-corrected chi connectivity index (χ2v) is 6.62. The van der Waals surface area contributed by atoms with E-state index < -0.39 is 36.2 Å². The van der Waals surface area contributed by atoms with Crippen LogP contribution < -0.4 is 0 Å². The molecule has 0 saturated carbocycles. The fourth-order valence-corrected chi connectivity index (χ4v) is 3.11. The standard InChI is InChI=1S/C19H24O6/c1-10(2)18(22)24-16-8-13(9-20)7-14(21)5-11(3)6-15-17(16)12(4)19(23)25-15/h6-7,14-17,20-21H,1,4-5,8-9H2,2-3H3/b11-6+,13-7-/t14-,15-,16-,17+/m1/s1. The molecule has 1 fully saturated rings. The molecule has 2 rings (SSSR count). The molecule has 1 aliphatic heterocycles. The highest BCUT2D eigenvalue weighted by atomic mass is 16.6. The number of hydrogen-bond donors (Lipinski definition) is 2. The van der Waals surface area contributed by atoms with Gasteiger partial charge in [-0.15, -0.1) is 0 Å². The van der Waals surface area contributed by atoms with Crippen molar-refractivity contribution in [3.05, 3.63) is 47.6 Å². The lowest BCUT2D eigenvalue weighted by Gasteiger charge is -2.28. The summed E-state index contributed by atoms with van der Waals surface area (Å²) in [6.07, 6.45) is 1.65. The van der Waals surface area contributed by atoms with Crippen LogP contribution in [0.15, 0.2) is 47.6 Å². The maximum atomic E-state index is 12.0. The predicted molar refractivity (Wildman–Crippen MR) is 91.4 cm³/mol. The molecule has 0 radical (unpaired) electrons. The highest BCUT2D eigenvalue weighted by Gasteiger charge is 2.44. The molecule has 136 valence electrons. The van der Waals surface area contributed by atoms with Crippen molar-refractivity contribution in [3.63, 3.8) is 0 Å². The van der Waals surface area contributed by atoms with E-state index in [1.165, 1.54) is 6.92 Å². The highest BCUT2D eigenvalue weighted by molar-refractivity contribution is 5.91. The van der Waals surface area contributed by atoms with Crippen LogP contribution in [-0.4, -0.2) is 47.1 Å². The van der Waals surface area contributed by atoms with Crippen LogP contribution in [0.5, 0.6) is 0 Å². The maximum absolute atomic E-state index is 12.0. The molecule has 6 nitrogen and oxygen atoms in total. The number of ether oxygens (including phenoxy) is 2. The molecule has 6 heteroatoms. The van der Waals surface area contributed by atoms with Gasteiger partial charge in [-0.25, -0.2) is 9.59 Å². The number of esters is 2. The van der Waals surface area contributed by atoms with E-state index in [1.54, 1.807) is 12.2 Å². The first-order chi connectivity index (χ1) is 11.7. The van der Waals surface area contributed by atoms with Crippen molar-refractivity contribution in [2.45, 2.75) is 45.0 Å². The predicted octanol–water partition coefficient (Wildman–Crippen LogP) is 1.59. The minimum absolute atomic E-state index is 0.163. The molecule has 0 aromatic carbocycles. The summed E-state index contributed by atoms with van der Waals surface area (Å²) in [6, 6.07) is 0. The Morgan fingerprint density at radius 2 is 2.08 bits per heavy atom. The number of aliphatic hydroxyl groups excluding tert-OH is 2. The van der Waals surface area contributed by atoms with E-state index in [1.807, 2.05) is 6.92 Å². The SMILES string of the molecule is C=C(C)C(=O)O[C@@H]1C/C(CO)=C/[C@H](O)C/C(C)=C/[C@H]2OC(=O)C(=C)[C@@H]21. The van der Waals surface area contributed by atoms with Crippen molar-refractivity contribution < 1.29 is 29.3 Å². The molecule has 0 aromatic rings. The number of rotatable bonds is 3. The average Bonchev–Trinajstić information content (AvgIpc) is 2.79. The largest absolute Gasteiger partial charge is 0.458 e. The summed E-state index contributed by atoms with van der Waals surface area (Å²) >= 11 is 0. The third-order valence-electron chi connectivity index (χ3n) is 4.34. The molecule has 1 aliphatic carbocycles. The van der Waals surface area contributed by atoms with Crippen LogP contribution in [0.3, 0.4) is 0 Å². The van der Waals surface area contributed by atoms with Crippen molar-refractivity contribution in [1.82, 2.24) is 0 Å². The zero-order chi connectivity index (χ0) is 18.7. The first-order valence-electron chi connectivity index (χ1n) is 8.15. The first-order valence-corrected chi connectivity index (χ1v) is 8.15. The Balaban J connectivity index is 2.45. The monoisotopic (exact) mass is 348 g/mol. The first kappa shape index (κ1) is 19.1. The Kier molecular flexibility index (Phi) is 5.98. The molecule has 0 aromatic heterocycles. The quantitative estimate of drug-likeness (QED) is 0.457. The van der Waals surface area contributed by atoms with Gasteiger partial charge in [0, 0.05) is 17.6 Å². The average molecular weight is 348 g/mol. The van der Waals surface area contributed by atoms with Crippen LogP contribution in [0.25, 0.3) is 0 Å². The normalized spacial score (nSPS) is 34.1. The molecule has 2 aliphatic rings. The van der Waals surface area contributed by atoms with Crippen molar-refractivity contribution in [1.29, 1.82) is 0 Å². The summed E-state index contributed by atoms with van der Waals surface area (Å²) in [7, 11) is 0. The summed E-state index contributed by atoms with van der Waals surface area (Å²) in [4.78, 5) is 24.0. The third kappa shape index (κ3) is 4.46. The number of aliphatic hydroxyl groups is 2. The van der Waals surface area contributed by atoms with Crippen LogP contribution in [-0.2, 0) is 19.1 Å². The van der Waals surface area contributed by atoms with E-state index in [-0.39, 0.29) is 24.2 Å². The molecule has 1 heterocycles. The Labute approximate surface area is 147 Å². The number of carbonyl (C=O) groups excluding carboxylic acids is 2. The molecule has 1 saturated heterocycles. The van der Waals surface area contributed by atoms with Gasteiger partial charge in [0.05, 0.1) is 18.6 Å². The minimum atomic E-state index is -0.784. The molecule has 2 N–H and O–H groups in total. The maximum Gasteiger partial charge on any atom is 0.334 e. The van der Waals surface area contributed by atoms with Gasteiger partial charge in [-0.1, -0.05) is 24.8 Å². The van der Waals surface area contributed by atoms with Gasteiger partial charge in [-0.2, -0.15) is 0 Å². The molecule has 4 atom stereocenters. The number of hydrogen-bond acceptors (Lipinski definition) is 6. The summed E-state index contributed by atoms with van der Waals surface area (Å²) in [6.45, 7) is 10.4. The van der Waals surface area contributed by atoms with E-state index in [2.05, 4.69) is 13.2 Å². The molecule has 0 amide bonds.